The van der Waals surface area contributed by atoms with Crippen molar-refractivity contribution in [1.29, 1.82) is 0 Å². The van der Waals surface area contributed by atoms with Crippen molar-refractivity contribution in [3.63, 3.8) is 0 Å². The minimum atomic E-state index is -1.54. The maximum atomic E-state index is 13.9. The normalized spacial score (nSPS) is 49.9. The first kappa shape index (κ1) is 24.3. The average molecular weight is 522 g/mol. The Labute approximate surface area is 209 Å². The number of allylic oxidation sites excluding steroid dienone is 1. The first-order chi connectivity index (χ1) is 15.7. The molecule has 2 aliphatic heterocycles. The van der Waals surface area contributed by atoms with Crippen molar-refractivity contribution < 1.29 is 28.5 Å². The largest absolute Gasteiger partial charge is 0.494 e. The number of rotatable bonds is 3. The van der Waals surface area contributed by atoms with Gasteiger partial charge in [-0.2, -0.15) is 0 Å². The molecule has 0 radical (unpaired) electrons. The molecule has 3 fully saturated rings. The Morgan fingerprint density at radius 2 is 1.70 bits per heavy atom. The second-order valence-corrected chi connectivity index (χ2v) is 11.9. The second-order valence-electron chi connectivity index (χ2n) is 10.2. The van der Waals surface area contributed by atoms with Gasteiger partial charge in [-0.05, 0) is 25.2 Å². The summed E-state index contributed by atoms with van der Waals surface area (Å²) in [4.78, 5) is 27.8. The molecule has 0 aromatic rings. The van der Waals surface area contributed by atoms with Crippen LogP contribution in [0, 0.1) is 17.8 Å². The lowest BCUT2D eigenvalue weighted by Crippen LogP contribution is -2.54. The van der Waals surface area contributed by atoms with Gasteiger partial charge in [0.25, 0.3) is 0 Å². The van der Waals surface area contributed by atoms with E-state index in [-0.39, 0.29) is 46.4 Å². The van der Waals surface area contributed by atoms with Crippen molar-refractivity contribution in [3.05, 3.63) is 11.3 Å². The number of hydrogen-bond donors (Lipinski definition) is 0. The molecule has 184 valence electrons. The third-order valence-electron chi connectivity index (χ3n) is 8.58. The third-order valence-corrected chi connectivity index (χ3v) is 10.2. The van der Waals surface area contributed by atoms with Gasteiger partial charge in [-0.15, -0.1) is 34.8 Å². The molecule has 6 nitrogen and oxygen atoms in total. The van der Waals surface area contributed by atoms with Crippen LogP contribution >= 0.6 is 34.8 Å². The SMILES string of the molecule is COC1CC(OC)C2C(=O)[C@@]3(OC2C1Cl)C(=O)C1=C(C[C@H]3C)OC(C2CCC(Cl)C(Cl)C2)C1. The highest BCUT2D eigenvalue weighted by molar-refractivity contribution is 6.30. The third kappa shape index (κ3) is 3.62. The molecule has 0 aromatic carbocycles. The molecule has 9 unspecified atom stereocenters. The first-order valence-corrected chi connectivity index (χ1v) is 13.2. The van der Waals surface area contributed by atoms with Crippen LogP contribution < -0.4 is 0 Å². The van der Waals surface area contributed by atoms with E-state index >= 15 is 0 Å². The zero-order valence-electron chi connectivity index (χ0n) is 19.1. The van der Waals surface area contributed by atoms with Crippen LogP contribution in [0.3, 0.4) is 0 Å². The van der Waals surface area contributed by atoms with Crippen molar-refractivity contribution in [3.8, 4) is 0 Å². The molecule has 5 aliphatic rings. The Morgan fingerprint density at radius 1 is 0.970 bits per heavy atom. The molecule has 0 N–H and O–H groups in total. The molecule has 11 atom stereocenters. The first-order valence-electron chi connectivity index (χ1n) is 11.9. The number of ether oxygens (including phenoxy) is 4. The molecule has 5 rings (SSSR count). The second kappa shape index (κ2) is 8.94. The summed E-state index contributed by atoms with van der Waals surface area (Å²) >= 11 is 19.4. The van der Waals surface area contributed by atoms with E-state index in [0.29, 0.717) is 30.6 Å². The van der Waals surface area contributed by atoms with Gasteiger partial charge in [0.15, 0.2) is 11.4 Å². The minimum absolute atomic E-state index is 0.0298. The maximum absolute atomic E-state index is 13.9. The van der Waals surface area contributed by atoms with Gasteiger partial charge in [0, 0.05) is 50.4 Å². The summed E-state index contributed by atoms with van der Waals surface area (Å²) in [7, 11) is 3.16. The number of alkyl halides is 3. The van der Waals surface area contributed by atoms with Gasteiger partial charge < -0.3 is 18.9 Å². The predicted octanol–water partition coefficient (Wildman–Crippen LogP) is 4.02. The number of methoxy groups -OCH3 is 2. The van der Waals surface area contributed by atoms with E-state index in [2.05, 4.69) is 0 Å². The lowest BCUT2D eigenvalue weighted by Gasteiger charge is -2.39. The van der Waals surface area contributed by atoms with Crippen molar-refractivity contribution in [2.75, 3.05) is 14.2 Å². The fourth-order valence-corrected chi connectivity index (χ4v) is 7.67. The summed E-state index contributed by atoms with van der Waals surface area (Å²) in [5.74, 6) is -0.486. The smallest absolute Gasteiger partial charge is 0.202 e. The highest BCUT2D eigenvalue weighted by atomic mass is 35.5. The van der Waals surface area contributed by atoms with Crippen molar-refractivity contribution in [1.82, 2.24) is 0 Å². The van der Waals surface area contributed by atoms with Crippen molar-refractivity contribution in [2.24, 2.45) is 17.8 Å². The van der Waals surface area contributed by atoms with Crippen LogP contribution in [0.4, 0.5) is 0 Å². The van der Waals surface area contributed by atoms with Crippen molar-refractivity contribution in [2.45, 2.75) is 91.6 Å². The van der Waals surface area contributed by atoms with Crippen LogP contribution in [0.25, 0.3) is 0 Å². The highest BCUT2D eigenvalue weighted by Crippen LogP contribution is 2.53. The number of halogens is 3. The topological polar surface area (TPSA) is 71.1 Å². The fourth-order valence-electron chi connectivity index (χ4n) is 6.68. The molecule has 3 aliphatic carbocycles. The van der Waals surface area contributed by atoms with Crippen LogP contribution in [-0.4, -0.2) is 71.9 Å². The van der Waals surface area contributed by atoms with Gasteiger partial charge in [-0.3, -0.25) is 9.59 Å². The maximum Gasteiger partial charge on any atom is 0.202 e. The van der Waals surface area contributed by atoms with Gasteiger partial charge in [0.05, 0.1) is 35.0 Å². The Kier molecular flexibility index (Phi) is 6.59. The van der Waals surface area contributed by atoms with Crippen LogP contribution in [0.15, 0.2) is 11.3 Å². The van der Waals surface area contributed by atoms with Crippen LogP contribution in [-0.2, 0) is 28.5 Å². The van der Waals surface area contributed by atoms with Crippen LogP contribution in [0.1, 0.15) is 45.4 Å². The fraction of sp³-hybridized carbons (Fsp3) is 0.833. The van der Waals surface area contributed by atoms with Crippen LogP contribution in [0.2, 0.25) is 0 Å². The van der Waals surface area contributed by atoms with Gasteiger partial charge in [-0.25, -0.2) is 0 Å². The van der Waals surface area contributed by atoms with E-state index in [1.54, 1.807) is 14.2 Å². The molecular weight excluding hydrogens is 491 g/mol. The summed E-state index contributed by atoms with van der Waals surface area (Å²) in [6.45, 7) is 1.89. The van der Waals surface area contributed by atoms with Gasteiger partial charge in [0.2, 0.25) is 5.78 Å². The minimum Gasteiger partial charge on any atom is -0.494 e. The Morgan fingerprint density at radius 3 is 2.36 bits per heavy atom. The summed E-state index contributed by atoms with van der Waals surface area (Å²) < 4.78 is 23.9. The van der Waals surface area contributed by atoms with Crippen LogP contribution in [0.5, 0.6) is 0 Å². The monoisotopic (exact) mass is 520 g/mol. The number of fused-ring (bicyclic) bond motifs is 1. The Hall–Kier alpha value is -0.370. The number of carbonyl (C=O) groups is 2. The molecule has 0 amide bonds. The molecule has 1 spiro atoms. The summed E-state index contributed by atoms with van der Waals surface area (Å²) in [6.07, 6.45) is 2.49. The van der Waals surface area contributed by atoms with E-state index in [1.807, 2.05) is 6.92 Å². The Bertz CT molecular complexity index is 863. The quantitative estimate of drug-likeness (QED) is 0.413. The van der Waals surface area contributed by atoms with Gasteiger partial charge in [0.1, 0.15) is 11.9 Å². The van der Waals surface area contributed by atoms with E-state index in [1.165, 1.54) is 0 Å². The molecule has 9 heteroatoms. The van der Waals surface area contributed by atoms with E-state index in [4.69, 9.17) is 53.8 Å². The number of Topliss-reactive ketones (excluding diaryl/α,β-unsaturated/α-hetero) is 2. The van der Waals surface area contributed by atoms with Gasteiger partial charge >= 0.3 is 0 Å². The number of ketones is 2. The number of hydrogen-bond acceptors (Lipinski definition) is 6. The highest BCUT2D eigenvalue weighted by Gasteiger charge is 2.69. The zero-order chi connectivity index (χ0) is 23.7. The average Bonchev–Trinajstić information content (AvgIpc) is 3.36. The molecule has 1 saturated heterocycles. The molecule has 0 bridgehead atoms. The number of carbonyl (C=O) groups excluding carboxylic acids is 2. The molecule has 0 aromatic heterocycles. The van der Waals surface area contributed by atoms with Gasteiger partial charge in [-0.1, -0.05) is 6.92 Å². The lowest BCUT2D eigenvalue weighted by atomic mass is 9.68. The summed E-state index contributed by atoms with van der Waals surface area (Å²) in [6, 6.07) is 0. The standard InChI is InChI=1S/C24H31Cl3O6/c1-10-6-16-12(8-15(32-16)11-4-5-13(25)14(26)7-11)22(28)24(10)23(29)19-17(30-2)9-18(31-3)20(27)21(19)33-24/h10-11,13-15,17-21H,4-9H2,1-3H3/t10-,11?,13?,14?,15?,17?,18?,19?,20?,21?,24+/m1/s1. The van der Waals surface area contributed by atoms with E-state index < -0.39 is 29.1 Å². The molecule has 33 heavy (non-hydrogen) atoms. The molecule has 2 saturated carbocycles. The van der Waals surface area contributed by atoms with Crippen molar-refractivity contribution >= 4 is 46.4 Å². The zero-order valence-corrected chi connectivity index (χ0v) is 21.4. The molecule has 2 heterocycles. The predicted molar refractivity (Wildman–Crippen MR) is 124 cm³/mol. The molecular formula is C24H31Cl3O6. The lowest BCUT2D eigenvalue weighted by molar-refractivity contribution is -0.159. The summed E-state index contributed by atoms with van der Waals surface area (Å²) in [5.41, 5.74) is -0.950. The Balaban J connectivity index is 1.41. The summed E-state index contributed by atoms with van der Waals surface area (Å²) in [5, 5.41) is -0.669. The van der Waals surface area contributed by atoms with E-state index in [9.17, 15) is 9.59 Å². The van der Waals surface area contributed by atoms with E-state index in [0.717, 1.165) is 19.3 Å².